The van der Waals surface area contributed by atoms with Crippen LogP contribution in [0.15, 0.2) is 59.5 Å². The molecule has 0 spiro atoms. The average molecular weight is 317 g/mol. The van der Waals surface area contributed by atoms with Gasteiger partial charge >= 0.3 is 0 Å². The first-order valence-electron chi connectivity index (χ1n) is 7.05. The molecule has 4 nitrogen and oxygen atoms in total. The molecule has 0 fully saturated rings. The summed E-state index contributed by atoms with van der Waals surface area (Å²) in [5, 5.41) is 0. The van der Waals surface area contributed by atoms with Crippen molar-refractivity contribution in [1.82, 2.24) is 0 Å². The van der Waals surface area contributed by atoms with Crippen LogP contribution in [0, 0.1) is 12.8 Å². The monoisotopic (exact) mass is 317 g/mol. The zero-order valence-corrected chi connectivity index (χ0v) is 13.7. The number of sulfonamides is 1. The van der Waals surface area contributed by atoms with Crippen LogP contribution in [-0.2, 0) is 14.8 Å². The van der Waals surface area contributed by atoms with Gasteiger partial charge < -0.3 is 0 Å². The fourth-order valence-corrected chi connectivity index (χ4v) is 3.54. The summed E-state index contributed by atoms with van der Waals surface area (Å²) in [5.74, 6) is -0.882. The van der Waals surface area contributed by atoms with Crippen LogP contribution in [0.25, 0.3) is 0 Å². The number of rotatable bonds is 4. The quantitative estimate of drug-likeness (QED) is 0.868. The number of aryl methyl sites for hydroxylation is 1. The molecule has 116 valence electrons. The van der Waals surface area contributed by atoms with Gasteiger partial charge in [-0.15, -0.1) is 0 Å². The Hall–Kier alpha value is -2.14. The lowest BCUT2D eigenvalue weighted by Crippen LogP contribution is -2.39. The van der Waals surface area contributed by atoms with E-state index in [9.17, 15) is 13.2 Å². The first-order valence-corrected chi connectivity index (χ1v) is 8.49. The second-order valence-electron chi connectivity index (χ2n) is 5.41. The third-order valence-electron chi connectivity index (χ3n) is 3.24. The maximum absolute atomic E-state index is 12.9. The van der Waals surface area contributed by atoms with E-state index >= 15 is 0 Å². The van der Waals surface area contributed by atoms with Gasteiger partial charge in [0, 0.05) is 5.92 Å². The maximum atomic E-state index is 12.9. The van der Waals surface area contributed by atoms with Gasteiger partial charge in [0.2, 0.25) is 5.91 Å². The zero-order chi connectivity index (χ0) is 16.3. The Morgan fingerprint density at radius 3 is 2.00 bits per heavy atom. The highest BCUT2D eigenvalue weighted by molar-refractivity contribution is 7.93. The van der Waals surface area contributed by atoms with Crippen molar-refractivity contribution in [3.8, 4) is 0 Å². The SMILES string of the molecule is Cc1ccc(S(=O)(=O)N(C(=O)C(C)C)c2ccccc2)cc1. The van der Waals surface area contributed by atoms with Gasteiger partial charge in [-0.3, -0.25) is 4.79 Å². The minimum absolute atomic E-state index is 0.107. The Bertz CT molecular complexity index is 750. The molecule has 0 aliphatic carbocycles. The molecule has 0 radical (unpaired) electrons. The van der Waals surface area contributed by atoms with Crippen molar-refractivity contribution in [2.45, 2.75) is 25.7 Å². The van der Waals surface area contributed by atoms with Gasteiger partial charge in [-0.05, 0) is 31.2 Å². The highest BCUT2D eigenvalue weighted by Crippen LogP contribution is 2.25. The van der Waals surface area contributed by atoms with E-state index in [2.05, 4.69) is 0 Å². The van der Waals surface area contributed by atoms with Crippen molar-refractivity contribution in [1.29, 1.82) is 0 Å². The molecule has 0 unspecified atom stereocenters. The number of para-hydroxylation sites is 1. The molecule has 2 rings (SSSR count). The summed E-state index contributed by atoms with van der Waals surface area (Å²) in [6, 6.07) is 14.9. The largest absolute Gasteiger partial charge is 0.273 e. The molecule has 2 aromatic carbocycles. The second kappa shape index (κ2) is 6.32. The standard InChI is InChI=1S/C17H19NO3S/c1-13(2)17(19)18(15-7-5-4-6-8-15)22(20,21)16-11-9-14(3)10-12-16/h4-13H,1-3H3. The summed E-state index contributed by atoms with van der Waals surface area (Å²) in [7, 11) is -3.93. The number of hydrogen-bond donors (Lipinski definition) is 0. The van der Waals surface area contributed by atoms with Crippen LogP contribution in [0.3, 0.4) is 0 Å². The maximum Gasteiger partial charge on any atom is 0.270 e. The van der Waals surface area contributed by atoms with Crippen LogP contribution in [0.1, 0.15) is 19.4 Å². The molecule has 0 N–H and O–H groups in total. The lowest BCUT2D eigenvalue weighted by atomic mass is 10.2. The van der Waals surface area contributed by atoms with E-state index in [1.165, 1.54) is 12.1 Å². The zero-order valence-electron chi connectivity index (χ0n) is 12.9. The summed E-state index contributed by atoms with van der Waals surface area (Å²) in [6.07, 6.45) is 0. The lowest BCUT2D eigenvalue weighted by Gasteiger charge is -2.24. The van der Waals surface area contributed by atoms with Crippen LogP contribution < -0.4 is 4.31 Å². The molecular formula is C17H19NO3S. The van der Waals surface area contributed by atoms with Gasteiger partial charge in [0.15, 0.2) is 0 Å². The minimum atomic E-state index is -3.93. The fourth-order valence-electron chi connectivity index (χ4n) is 2.00. The predicted molar refractivity (Wildman–Crippen MR) is 87.1 cm³/mol. The summed E-state index contributed by atoms with van der Waals surface area (Å²) in [6.45, 7) is 5.25. The molecule has 0 saturated heterocycles. The van der Waals surface area contributed by atoms with E-state index in [1.54, 1.807) is 56.3 Å². The van der Waals surface area contributed by atoms with E-state index < -0.39 is 21.8 Å². The van der Waals surface area contributed by atoms with Gasteiger partial charge in [-0.1, -0.05) is 49.7 Å². The van der Waals surface area contributed by atoms with Crippen molar-refractivity contribution in [3.63, 3.8) is 0 Å². The topological polar surface area (TPSA) is 54.5 Å². The van der Waals surface area contributed by atoms with E-state index in [1.807, 2.05) is 6.92 Å². The molecular weight excluding hydrogens is 298 g/mol. The molecule has 0 aliphatic heterocycles. The molecule has 0 saturated carbocycles. The highest BCUT2D eigenvalue weighted by atomic mass is 32.2. The average Bonchev–Trinajstić information content (AvgIpc) is 2.48. The molecule has 0 atom stereocenters. The van der Waals surface area contributed by atoms with Crippen LogP contribution in [0.2, 0.25) is 0 Å². The van der Waals surface area contributed by atoms with E-state index in [0.29, 0.717) is 5.69 Å². The van der Waals surface area contributed by atoms with Crippen molar-refractivity contribution >= 4 is 21.6 Å². The molecule has 0 bridgehead atoms. The molecule has 0 aromatic heterocycles. The number of nitrogens with zero attached hydrogens (tertiary/aromatic N) is 1. The number of carbonyl (C=O) groups excluding carboxylic acids is 1. The molecule has 2 aromatic rings. The Morgan fingerprint density at radius 2 is 1.50 bits per heavy atom. The van der Waals surface area contributed by atoms with Crippen molar-refractivity contribution in [3.05, 3.63) is 60.2 Å². The normalized spacial score (nSPS) is 11.5. The molecule has 5 heteroatoms. The van der Waals surface area contributed by atoms with Gasteiger partial charge in [-0.25, -0.2) is 12.7 Å². The molecule has 0 heterocycles. The molecule has 0 aliphatic rings. The van der Waals surface area contributed by atoms with Crippen LogP contribution in [0.5, 0.6) is 0 Å². The van der Waals surface area contributed by atoms with Crippen molar-refractivity contribution < 1.29 is 13.2 Å². The Balaban J connectivity index is 2.58. The van der Waals surface area contributed by atoms with E-state index in [0.717, 1.165) is 9.87 Å². The third-order valence-corrected chi connectivity index (χ3v) is 4.98. The van der Waals surface area contributed by atoms with Crippen molar-refractivity contribution in [2.75, 3.05) is 4.31 Å². The summed E-state index contributed by atoms with van der Waals surface area (Å²) < 4.78 is 26.7. The third kappa shape index (κ3) is 3.20. The van der Waals surface area contributed by atoms with E-state index in [-0.39, 0.29) is 4.90 Å². The number of carbonyl (C=O) groups is 1. The van der Waals surface area contributed by atoms with Gasteiger partial charge in [0.05, 0.1) is 10.6 Å². The highest BCUT2D eigenvalue weighted by Gasteiger charge is 2.32. The number of hydrogen-bond acceptors (Lipinski definition) is 3. The Kier molecular flexibility index (Phi) is 4.66. The fraction of sp³-hybridized carbons (Fsp3) is 0.235. The molecule has 22 heavy (non-hydrogen) atoms. The first kappa shape index (κ1) is 16.2. The second-order valence-corrected chi connectivity index (χ2v) is 7.20. The van der Waals surface area contributed by atoms with Crippen LogP contribution in [0.4, 0.5) is 5.69 Å². The smallest absolute Gasteiger partial charge is 0.270 e. The van der Waals surface area contributed by atoms with Gasteiger partial charge in [-0.2, -0.15) is 0 Å². The summed E-state index contributed by atoms with van der Waals surface area (Å²) in [4.78, 5) is 12.6. The first-order chi connectivity index (χ1) is 10.3. The van der Waals surface area contributed by atoms with Gasteiger partial charge in [0.1, 0.15) is 0 Å². The minimum Gasteiger partial charge on any atom is -0.273 e. The number of amides is 1. The summed E-state index contributed by atoms with van der Waals surface area (Å²) >= 11 is 0. The Labute approximate surface area is 131 Å². The Morgan fingerprint density at radius 1 is 0.955 bits per heavy atom. The van der Waals surface area contributed by atoms with Crippen molar-refractivity contribution in [2.24, 2.45) is 5.92 Å². The van der Waals surface area contributed by atoms with Crippen LogP contribution in [-0.4, -0.2) is 14.3 Å². The number of benzene rings is 2. The van der Waals surface area contributed by atoms with Crippen LogP contribution >= 0.6 is 0 Å². The van der Waals surface area contributed by atoms with E-state index in [4.69, 9.17) is 0 Å². The molecule has 1 amide bonds. The summed E-state index contributed by atoms with van der Waals surface area (Å²) in [5.41, 5.74) is 1.31. The number of anilines is 1. The lowest BCUT2D eigenvalue weighted by molar-refractivity contribution is -0.120. The predicted octanol–water partition coefficient (Wildman–Crippen LogP) is 3.37. The van der Waals surface area contributed by atoms with Gasteiger partial charge in [0.25, 0.3) is 10.0 Å².